The Balaban J connectivity index is 2.23. The van der Waals surface area contributed by atoms with Gasteiger partial charge in [-0.25, -0.2) is 0 Å². The van der Waals surface area contributed by atoms with Crippen LogP contribution in [0.3, 0.4) is 0 Å². The van der Waals surface area contributed by atoms with Gasteiger partial charge in [0.2, 0.25) is 0 Å². The summed E-state index contributed by atoms with van der Waals surface area (Å²) in [5, 5.41) is 3.50. The van der Waals surface area contributed by atoms with Crippen molar-refractivity contribution >= 4 is 15.9 Å². The number of rotatable bonds is 4. The molecule has 0 atom stereocenters. The maximum Gasteiger partial charge on any atom is 0.133 e. The van der Waals surface area contributed by atoms with Crippen LogP contribution in [-0.4, -0.2) is 5.54 Å². The SMILES string of the molecule is Cc1cccc(Oc2cc(Br)ccc2CNC(C)(C)C)c1. The maximum atomic E-state index is 6.07. The number of aryl methyl sites for hydroxylation is 1. The number of halogens is 1. The topological polar surface area (TPSA) is 21.3 Å². The second-order valence-electron chi connectivity index (χ2n) is 6.27. The Morgan fingerprint density at radius 2 is 1.86 bits per heavy atom. The van der Waals surface area contributed by atoms with E-state index in [2.05, 4.69) is 61.1 Å². The maximum absolute atomic E-state index is 6.07. The van der Waals surface area contributed by atoms with Gasteiger partial charge in [0.25, 0.3) is 0 Å². The van der Waals surface area contributed by atoms with E-state index in [9.17, 15) is 0 Å². The van der Waals surface area contributed by atoms with Gasteiger partial charge in [0.15, 0.2) is 0 Å². The van der Waals surface area contributed by atoms with E-state index in [1.165, 1.54) is 5.56 Å². The molecule has 0 bridgehead atoms. The standard InChI is InChI=1S/C18H22BrNO/c1-13-6-5-7-16(10-13)21-17-11-15(19)9-8-14(17)12-20-18(2,3)4/h5-11,20H,12H2,1-4H3. The molecule has 2 rings (SSSR count). The van der Waals surface area contributed by atoms with E-state index in [0.29, 0.717) is 0 Å². The molecule has 0 aliphatic carbocycles. The molecular formula is C18H22BrNO. The number of hydrogen-bond acceptors (Lipinski definition) is 2. The second kappa shape index (κ2) is 6.63. The summed E-state index contributed by atoms with van der Waals surface area (Å²) < 4.78 is 7.08. The van der Waals surface area contributed by atoms with Crippen molar-refractivity contribution in [3.05, 3.63) is 58.1 Å². The number of hydrogen-bond donors (Lipinski definition) is 1. The monoisotopic (exact) mass is 347 g/mol. The van der Waals surface area contributed by atoms with E-state index < -0.39 is 0 Å². The summed E-state index contributed by atoms with van der Waals surface area (Å²) in [6.45, 7) is 9.32. The number of nitrogens with one attached hydrogen (secondary N) is 1. The molecule has 0 unspecified atom stereocenters. The van der Waals surface area contributed by atoms with Gasteiger partial charge in [-0.15, -0.1) is 0 Å². The molecule has 2 nitrogen and oxygen atoms in total. The van der Waals surface area contributed by atoms with Crippen LogP contribution in [-0.2, 0) is 6.54 Å². The first kappa shape index (κ1) is 16.1. The molecule has 0 heterocycles. The molecule has 0 spiro atoms. The molecule has 2 aromatic rings. The van der Waals surface area contributed by atoms with E-state index in [1.54, 1.807) is 0 Å². The Labute approximate surface area is 135 Å². The Morgan fingerprint density at radius 1 is 1.10 bits per heavy atom. The summed E-state index contributed by atoms with van der Waals surface area (Å²) in [6, 6.07) is 14.3. The second-order valence-corrected chi connectivity index (χ2v) is 7.19. The molecule has 2 aromatic carbocycles. The fourth-order valence-corrected chi connectivity index (χ4v) is 2.28. The largest absolute Gasteiger partial charge is 0.457 e. The summed E-state index contributed by atoms with van der Waals surface area (Å²) in [4.78, 5) is 0. The molecule has 0 aliphatic rings. The van der Waals surface area contributed by atoms with Crippen molar-refractivity contribution in [3.63, 3.8) is 0 Å². The van der Waals surface area contributed by atoms with Crippen molar-refractivity contribution in [1.29, 1.82) is 0 Å². The molecule has 0 saturated heterocycles. The van der Waals surface area contributed by atoms with Crippen molar-refractivity contribution in [2.45, 2.75) is 39.8 Å². The van der Waals surface area contributed by atoms with Crippen LogP contribution in [0.4, 0.5) is 0 Å². The van der Waals surface area contributed by atoms with E-state index in [1.807, 2.05) is 30.3 Å². The Hall–Kier alpha value is -1.32. The predicted octanol–water partition coefficient (Wildman–Crippen LogP) is 5.44. The minimum absolute atomic E-state index is 0.0771. The van der Waals surface area contributed by atoms with Crippen LogP contribution in [0.1, 0.15) is 31.9 Å². The minimum atomic E-state index is 0.0771. The Morgan fingerprint density at radius 3 is 2.52 bits per heavy atom. The molecule has 0 saturated carbocycles. The van der Waals surface area contributed by atoms with Crippen molar-refractivity contribution < 1.29 is 4.74 Å². The zero-order valence-electron chi connectivity index (χ0n) is 13.0. The third-order valence-electron chi connectivity index (χ3n) is 3.06. The van der Waals surface area contributed by atoms with Crippen LogP contribution in [0.15, 0.2) is 46.9 Å². The molecule has 0 fully saturated rings. The van der Waals surface area contributed by atoms with Crippen LogP contribution in [0.2, 0.25) is 0 Å². The predicted molar refractivity (Wildman–Crippen MR) is 92.0 cm³/mol. The summed E-state index contributed by atoms with van der Waals surface area (Å²) >= 11 is 3.51. The minimum Gasteiger partial charge on any atom is -0.457 e. The molecule has 112 valence electrons. The molecular weight excluding hydrogens is 326 g/mol. The van der Waals surface area contributed by atoms with Crippen LogP contribution < -0.4 is 10.1 Å². The molecule has 0 radical (unpaired) electrons. The van der Waals surface area contributed by atoms with Crippen molar-refractivity contribution in [2.75, 3.05) is 0 Å². The molecule has 3 heteroatoms. The van der Waals surface area contributed by atoms with Crippen LogP contribution in [0.5, 0.6) is 11.5 Å². The molecule has 1 N–H and O–H groups in total. The molecule has 0 amide bonds. The number of benzene rings is 2. The quantitative estimate of drug-likeness (QED) is 0.795. The van der Waals surface area contributed by atoms with Gasteiger partial charge < -0.3 is 10.1 Å². The fourth-order valence-electron chi connectivity index (χ4n) is 1.94. The zero-order chi connectivity index (χ0) is 15.5. The highest BCUT2D eigenvalue weighted by Crippen LogP contribution is 2.29. The smallest absolute Gasteiger partial charge is 0.133 e. The lowest BCUT2D eigenvalue weighted by Crippen LogP contribution is -2.35. The van der Waals surface area contributed by atoms with Gasteiger partial charge in [-0.2, -0.15) is 0 Å². The first-order valence-corrected chi connectivity index (χ1v) is 7.91. The number of ether oxygens (including phenoxy) is 1. The lowest BCUT2D eigenvalue weighted by molar-refractivity contribution is 0.414. The first-order chi connectivity index (χ1) is 9.83. The summed E-state index contributed by atoms with van der Waals surface area (Å²) in [5.74, 6) is 1.75. The average Bonchev–Trinajstić information content (AvgIpc) is 2.36. The normalized spacial score (nSPS) is 11.5. The van der Waals surface area contributed by atoms with Crippen LogP contribution in [0.25, 0.3) is 0 Å². The summed E-state index contributed by atoms with van der Waals surface area (Å²) in [6.07, 6.45) is 0. The highest BCUT2D eigenvalue weighted by molar-refractivity contribution is 9.10. The molecule has 21 heavy (non-hydrogen) atoms. The molecule has 0 aliphatic heterocycles. The molecule has 0 aromatic heterocycles. The van der Waals surface area contributed by atoms with Gasteiger partial charge in [-0.1, -0.05) is 34.1 Å². The lowest BCUT2D eigenvalue weighted by Gasteiger charge is -2.21. The third-order valence-corrected chi connectivity index (χ3v) is 3.55. The van der Waals surface area contributed by atoms with E-state index >= 15 is 0 Å². The summed E-state index contributed by atoms with van der Waals surface area (Å²) in [5.41, 5.74) is 2.42. The van der Waals surface area contributed by atoms with Crippen molar-refractivity contribution in [1.82, 2.24) is 5.32 Å². The average molecular weight is 348 g/mol. The van der Waals surface area contributed by atoms with Crippen molar-refractivity contribution in [3.8, 4) is 11.5 Å². The van der Waals surface area contributed by atoms with Gasteiger partial charge in [0.05, 0.1) is 0 Å². The van der Waals surface area contributed by atoms with Crippen LogP contribution in [0, 0.1) is 6.92 Å². The highest BCUT2D eigenvalue weighted by Gasteiger charge is 2.12. The summed E-state index contributed by atoms with van der Waals surface area (Å²) in [7, 11) is 0. The first-order valence-electron chi connectivity index (χ1n) is 7.11. The van der Waals surface area contributed by atoms with Gasteiger partial charge in [-0.05, 0) is 57.5 Å². The third kappa shape index (κ3) is 5.18. The fraction of sp³-hybridized carbons (Fsp3) is 0.333. The van der Waals surface area contributed by atoms with E-state index in [0.717, 1.165) is 28.1 Å². The van der Waals surface area contributed by atoms with E-state index in [4.69, 9.17) is 4.74 Å². The highest BCUT2D eigenvalue weighted by atomic mass is 79.9. The van der Waals surface area contributed by atoms with E-state index in [-0.39, 0.29) is 5.54 Å². The lowest BCUT2D eigenvalue weighted by atomic mass is 10.1. The Bertz CT molecular complexity index is 617. The zero-order valence-corrected chi connectivity index (χ0v) is 14.6. The van der Waals surface area contributed by atoms with Crippen molar-refractivity contribution in [2.24, 2.45) is 0 Å². The Kier molecular flexibility index (Phi) is 5.07. The van der Waals surface area contributed by atoms with Gasteiger partial charge in [0, 0.05) is 22.1 Å². The van der Waals surface area contributed by atoms with Crippen LogP contribution >= 0.6 is 15.9 Å². The van der Waals surface area contributed by atoms with Gasteiger partial charge in [-0.3, -0.25) is 0 Å². The van der Waals surface area contributed by atoms with Gasteiger partial charge >= 0.3 is 0 Å². The van der Waals surface area contributed by atoms with Gasteiger partial charge in [0.1, 0.15) is 11.5 Å².